The predicted octanol–water partition coefficient (Wildman–Crippen LogP) is 1.73. The van der Waals surface area contributed by atoms with E-state index in [0.29, 0.717) is 30.2 Å². The van der Waals surface area contributed by atoms with Gasteiger partial charge in [-0.1, -0.05) is 18.2 Å². The molecule has 2 bridgehead atoms. The summed E-state index contributed by atoms with van der Waals surface area (Å²) in [6, 6.07) is 0.290. The van der Waals surface area contributed by atoms with Gasteiger partial charge in [-0.05, 0) is 38.5 Å². The fourth-order valence-electron chi connectivity index (χ4n) is 5.99. The lowest BCUT2D eigenvalue weighted by Gasteiger charge is -2.50. The molecular weight excluding hydrogens is 276 g/mol. The number of carbonyl (C=O) groups excluding carboxylic acids is 2. The number of hydrogen-bond donors (Lipinski definition) is 0. The number of allylic oxidation sites excluding steroid dienone is 1. The summed E-state index contributed by atoms with van der Waals surface area (Å²) < 4.78 is 0. The molecule has 5 rings (SSSR count). The highest BCUT2D eigenvalue weighted by Gasteiger charge is 2.65. The van der Waals surface area contributed by atoms with Crippen molar-refractivity contribution in [3.63, 3.8) is 0 Å². The summed E-state index contributed by atoms with van der Waals surface area (Å²) in [5.74, 6) is 1.83. The molecule has 116 valence electrons. The molecule has 0 unspecified atom stereocenters. The molecular formula is C18H22N2O2. The van der Waals surface area contributed by atoms with Crippen LogP contribution in [0.3, 0.4) is 0 Å². The van der Waals surface area contributed by atoms with Gasteiger partial charge in [0.05, 0.1) is 11.1 Å². The molecule has 2 amide bonds. The molecule has 0 radical (unpaired) electrons. The van der Waals surface area contributed by atoms with Crippen LogP contribution in [0.4, 0.5) is 0 Å². The molecule has 6 atom stereocenters. The van der Waals surface area contributed by atoms with E-state index in [9.17, 15) is 9.59 Å². The van der Waals surface area contributed by atoms with Crippen molar-refractivity contribution < 1.29 is 9.59 Å². The smallest absolute Gasteiger partial charge is 0.247 e. The molecule has 0 spiro atoms. The molecule has 22 heavy (non-hydrogen) atoms. The molecule has 4 nitrogen and oxygen atoms in total. The van der Waals surface area contributed by atoms with Crippen LogP contribution in [-0.2, 0) is 9.59 Å². The fraction of sp³-hybridized carbons (Fsp3) is 0.667. The van der Waals surface area contributed by atoms with E-state index >= 15 is 0 Å². The van der Waals surface area contributed by atoms with Crippen LogP contribution in [0.5, 0.6) is 0 Å². The first-order valence-corrected chi connectivity index (χ1v) is 8.47. The van der Waals surface area contributed by atoms with E-state index in [1.54, 1.807) is 6.08 Å². The Labute approximate surface area is 130 Å². The predicted molar refractivity (Wildman–Crippen MR) is 81.8 cm³/mol. The Balaban J connectivity index is 1.72. The van der Waals surface area contributed by atoms with Gasteiger partial charge in [-0.15, -0.1) is 0 Å². The summed E-state index contributed by atoms with van der Waals surface area (Å²) in [7, 11) is 0. The molecule has 3 heterocycles. The Morgan fingerprint density at radius 2 is 1.95 bits per heavy atom. The van der Waals surface area contributed by atoms with Gasteiger partial charge in [0.2, 0.25) is 11.8 Å². The zero-order valence-corrected chi connectivity index (χ0v) is 13.2. The number of rotatable bonds is 0. The monoisotopic (exact) mass is 298 g/mol. The topological polar surface area (TPSA) is 40.6 Å². The van der Waals surface area contributed by atoms with Crippen molar-refractivity contribution in [2.24, 2.45) is 17.8 Å². The van der Waals surface area contributed by atoms with E-state index in [2.05, 4.69) is 41.9 Å². The second kappa shape index (κ2) is 3.66. The molecule has 0 aromatic carbocycles. The number of nitrogens with zero attached hydrogens (tertiary/aromatic N) is 2. The summed E-state index contributed by atoms with van der Waals surface area (Å²) in [5, 5.41) is 0. The van der Waals surface area contributed by atoms with Crippen LogP contribution in [0.1, 0.15) is 33.1 Å². The Morgan fingerprint density at radius 1 is 1.18 bits per heavy atom. The summed E-state index contributed by atoms with van der Waals surface area (Å²) >= 11 is 0. The van der Waals surface area contributed by atoms with Crippen molar-refractivity contribution in [2.75, 3.05) is 6.54 Å². The Morgan fingerprint density at radius 3 is 2.77 bits per heavy atom. The molecule has 0 aromatic heterocycles. The minimum atomic E-state index is -0.361. The largest absolute Gasteiger partial charge is 0.331 e. The molecule has 5 aliphatic rings. The third kappa shape index (κ3) is 1.19. The maximum atomic E-state index is 12.8. The van der Waals surface area contributed by atoms with E-state index in [4.69, 9.17) is 0 Å². The number of hydrogen-bond acceptors (Lipinski definition) is 2. The van der Waals surface area contributed by atoms with Gasteiger partial charge in [0.25, 0.3) is 0 Å². The van der Waals surface area contributed by atoms with Gasteiger partial charge in [-0.2, -0.15) is 0 Å². The minimum absolute atomic E-state index is 0.121. The van der Waals surface area contributed by atoms with Crippen LogP contribution >= 0.6 is 0 Å². The summed E-state index contributed by atoms with van der Waals surface area (Å²) in [5.41, 5.74) is -0.634. The van der Waals surface area contributed by atoms with Crippen molar-refractivity contribution in [3.05, 3.63) is 24.3 Å². The van der Waals surface area contributed by atoms with Gasteiger partial charge in [0.1, 0.15) is 0 Å². The van der Waals surface area contributed by atoms with E-state index in [-0.39, 0.29) is 22.9 Å². The molecule has 3 aliphatic heterocycles. The second-order valence-electron chi connectivity index (χ2n) is 8.07. The van der Waals surface area contributed by atoms with Crippen molar-refractivity contribution in [1.82, 2.24) is 9.80 Å². The fourth-order valence-corrected chi connectivity index (χ4v) is 5.99. The highest BCUT2D eigenvalue weighted by atomic mass is 16.2. The zero-order chi connectivity index (χ0) is 15.3. The van der Waals surface area contributed by atoms with Crippen LogP contribution in [0, 0.1) is 17.8 Å². The molecule has 3 fully saturated rings. The normalized spacial score (nSPS) is 51.4. The highest BCUT2D eigenvalue weighted by Crippen LogP contribution is 2.56. The lowest BCUT2D eigenvalue weighted by atomic mass is 9.76. The summed E-state index contributed by atoms with van der Waals surface area (Å²) in [6.45, 7) is 5.14. The number of carbonyl (C=O) groups is 2. The molecule has 2 aliphatic carbocycles. The maximum Gasteiger partial charge on any atom is 0.247 e. The lowest BCUT2D eigenvalue weighted by molar-refractivity contribution is -0.140. The van der Waals surface area contributed by atoms with Gasteiger partial charge in [-0.3, -0.25) is 9.59 Å². The Hall–Kier alpha value is -1.58. The van der Waals surface area contributed by atoms with E-state index in [0.717, 1.165) is 19.4 Å². The van der Waals surface area contributed by atoms with Crippen LogP contribution in [-0.4, -0.2) is 45.3 Å². The zero-order valence-electron chi connectivity index (χ0n) is 13.2. The standard InChI is InChI=1S/C18H22N2O2/c1-17-7-5-14(21)19(17)10-13-11-3-4-12(9-11)16(13)20-15(22)6-8-18(17,20)2/h3-5,7,11-13,16H,6,8-10H2,1-2H3/t11-,12+,13+,16-,17+,18+/m1/s1. The van der Waals surface area contributed by atoms with Crippen molar-refractivity contribution in [3.8, 4) is 0 Å². The van der Waals surface area contributed by atoms with Crippen LogP contribution in [0.15, 0.2) is 24.3 Å². The molecule has 0 N–H and O–H groups in total. The van der Waals surface area contributed by atoms with Gasteiger partial charge in [-0.25, -0.2) is 0 Å². The highest BCUT2D eigenvalue weighted by molar-refractivity contribution is 5.93. The van der Waals surface area contributed by atoms with Gasteiger partial charge in [0, 0.05) is 31.0 Å². The summed E-state index contributed by atoms with van der Waals surface area (Å²) in [6.07, 6.45) is 11.0. The molecule has 4 heteroatoms. The second-order valence-corrected chi connectivity index (χ2v) is 8.07. The first kappa shape index (κ1) is 12.9. The number of fused-ring (bicyclic) bond motifs is 9. The third-order valence-corrected chi connectivity index (χ3v) is 7.36. The maximum absolute atomic E-state index is 12.8. The lowest BCUT2D eigenvalue weighted by Crippen LogP contribution is -2.64. The van der Waals surface area contributed by atoms with Crippen LogP contribution in [0.2, 0.25) is 0 Å². The molecule has 0 aromatic rings. The first-order valence-electron chi connectivity index (χ1n) is 8.47. The van der Waals surface area contributed by atoms with E-state index in [1.165, 1.54) is 0 Å². The van der Waals surface area contributed by atoms with Crippen molar-refractivity contribution in [2.45, 2.75) is 50.2 Å². The van der Waals surface area contributed by atoms with Gasteiger partial charge >= 0.3 is 0 Å². The average Bonchev–Trinajstić information content (AvgIpc) is 3.20. The SMILES string of the molecule is C[C@@]12C=CC(=O)N1C[C@@H]1[C@@H]([C@H]3C=C[C@@H]1C3)N1C(=O)CC[C@]12C. The summed E-state index contributed by atoms with van der Waals surface area (Å²) in [4.78, 5) is 29.5. The van der Waals surface area contributed by atoms with Crippen molar-refractivity contribution in [1.29, 1.82) is 0 Å². The van der Waals surface area contributed by atoms with Crippen LogP contribution in [0.25, 0.3) is 0 Å². The minimum Gasteiger partial charge on any atom is -0.331 e. The quantitative estimate of drug-likeness (QED) is 0.639. The third-order valence-electron chi connectivity index (χ3n) is 7.36. The molecule has 1 saturated carbocycles. The number of amides is 2. The average molecular weight is 298 g/mol. The van der Waals surface area contributed by atoms with E-state index in [1.807, 2.05) is 0 Å². The van der Waals surface area contributed by atoms with Crippen molar-refractivity contribution >= 4 is 11.8 Å². The van der Waals surface area contributed by atoms with Crippen LogP contribution < -0.4 is 0 Å². The Bertz CT molecular complexity index is 653. The van der Waals surface area contributed by atoms with E-state index < -0.39 is 0 Å². The van der Waals surface area contributed by atoms with Gasteiger partial charge < -0.3 is 9.80 Å². The molecule has 2 saturated heterocycles. The van der Waals surface area contributed by atoms with Gasteiger partial charge in [0.15, 0.2) is 0 Å². The first-order chi connectivity index (χ1) is 10.5. The Kier molecular flexibility index (Phi) is 2.15.